The van der Waals surface area contributed by atoms with Gasteiger partial charge < -0.3 is 20.9 Å². The Morgan fingerprint density at radius 2 is 2.00 bits per heavy atom. The van der Waals surface area contributed by atoms with E-state index in [9.17, 15) is 0 Å². The predicted octanol–water partition coefficient (Wildman–Crippen LogP) is 3.38. The van der Waals surface area contributed by atoms with Crippen molar-refractivity contribution in [2.75, 3.05) is 29.5 Å². The Bertz CT molecular complexity index is 912. The lowest BCUT2D eigenvalue weighted by Gasteiger charge is -2.28. The summed E-state index contributed by atoms with van der Waals surface area (Å²) in [7, 11) is 1.99. The monoisotopic (exact) mass is 366 g/mol. The van der Waals surface area contributed by atoms with Gasteiger partial charge in [0.15, 0.2) is 17.5 Å². The molecule has 0 bridgehead atoms. The van der Waals surface area contributed by atoms with E-state index in [1.165, 1.54) is 6.33 Å². The summed E-state index contributed by atoms with van der Waals surface area (Å²) >= 11 is 0. The van der Waals surface area contributed by atoms with Crippen LogP contribution in [0.4, 0.5) is 23.0 Å². The van der Waals surface area contributed by atoms with Crippen molar-refractivity contribution < 1.29 is 0 Å². The number of aromatic nitrogens is 5. The van der Waals surface area contributed by atoms with E-state index in [4.69, 9.17) is 5.73 Å². The van der Waals surface area contributed by atoms with E-state index in [-0.39, 0.29) is 5.41 Å². The highest BCUT2D eigenvalue weighted by Gasteiger charge is 2.18. The molecule has 0 aliphatic heterocycles. The minimum atomic E-state index is 0.127. The molecule has 2 aromatic heterocycles. The summed E-state index contributed by atoms with van der Waals surface area (Å²) in [6.07, 6.45) is 3.09. The molecule has 0 atom stereocenters. The zero-order valence-electron chi connectivity index (χ0n) is 16.4. The first-order valence-electron chi connectivity index (χ1n) is 8.80. The standard InChI is InChI=1S/C19H26N8/c1-12-6-7-13(16-22-11-24-26-16)8-14(12)25-17-15(20)18(23-10-21-17)27(5)9-19(2,3)4/h6-8,10-11H,9,20H2,1-5H3,(H,21,23,25)(H,22,24,26). The fraction of sp³-hybridized carbons (Fsp3) is 0.368. The van der Waals surface area contributed by atoms with Crippen LogP contribution in [-0.2, 0) is 0 Å². The molecule has 0 amide bonds. The number of hydrogen-bond donors (Lipinski definition) is 3. The molecule has 1 aromatic carbocycles. The van der Waals surface area contributed by atoms with Crippen molar-refractivity contribution in [2.24, 2.45) is 5.41 Å². The second-order valence-electron chi connectivity index (χ2n) is 7.87. The molecule has 0 fully saturated rings. The molecular formula is C19H26N8. The third kappa shape index (κ3) is 4.33. The summed E-state index contributed by atoms with van der Waals surface area (Å²) < 4.78 is 0. The number of rotatable bonds is 5. The largest absolute Gasteiger partial charge is 0.393 e. The molecule has 8 heteroatoms. The molecule has 0 aliphatic rings. The van der Waals surface area contributed by atoms with Crippen molar-refractivity contribution in [3.8, 4) is 11.4 Å². The first-order chi connectivity index (χ1) is 12.7. The maximum Gasteiger partial charge on any atom is 0.161 e. The lowest BCUT2D eigenvalue weighted by molar-refractivity contribution is 0.418. The van der Waals surface area contributed by atoms with Crippen LogP contribution in [0.5, 0.6) is 0 Å². The third-order valence-corrected chi connectivity index (χ3v) is 4.12. The summed E-state index contributed by atoms with van der Waals surface area (Å²) in [5, 5.41) is 11.2. The van der Waals surface area contributed by atoms with E-state index in [1.54, 1.807) is 6.33 Å². The SMILES string of the molecule is Cc1ccc(-c2nnc[nH]2)cc1Nc1ncnc(N(C)CC(C)(C)C)c1N. The fourth-order valence-electron chi connectivity index (χ4n) is 2.95. The van der Waals surface area contributed by atoms with Crippen LogP contribution in [0, 0.1) is 12.3 Å². The van der Waals surface area contributed by atoms with Gasteiger partial charge in [0.1, 0.15) is 18.3 Å². The van der Waals surface area contributed by atoms with Crippen molar-refractivity contribution in [3.05, 3.63) is 36.4 Å². The minimum absolute atomic E-state index is 0.127. The van der Waals surface area contributed by atoms with Crippen molar-refractivity contribution >= 4 is 23.0 Å². The molecule has 27 heavy (non-hydrogen) atoms. The van der Waals surface area contributed by atoms with E-state index in [0.717, 1.165) is 23.4 Å². The molecule has 2 heterocycles. The Balaban J connectivity index is 1.90. The van der Waals surface area contributed by atoms with Gasteiger partial charge in [0.05, 0.1) is 0 Å². The van der Waals surface area contributed by atoms with Crippen LogP contribution in [0.3, 0.4) is 0 Å². The Morgan fingerprint density at radius 1 is 1.22 bits per heavy atom. The molecule has 8 nitrogen and oxygen atoms in total. The molecule has 0 saturated heterocycles. The number of nitrogens with two attached hydrogens (primary N) is 1. The minimum Gasteiger partial charge on any atom is -0.393 e. The quantitative estimate of drug-likeness (QED) is 0.635. The van der Waals surface area contributed by atoms with Gasteiger partial charge in [0.2, 0.25) is 0 Å². The average Bonchev–Trinajstić information content (AvgIpc) is 3.11. The topological polar surface area (TPSA) is 109 Å². The van der Waals surface area contributed by atoms with Gasteiger partial charge in [0, 0.05) is 24.8 Å². The maximum absolute atomic E-state index is 6.38. The van der Waals surface area contributed by atoms with Gasteiger partial charge in [-0.05, 0) is 24.0 Å². The summed E-state index contributed by atoms with van der Waals surface area (Å²) in [4.78, 5) is 13.8. The van der Waals surface area contributed by atoms with Gasteiger partial charge >= 0.3 is 0 Å². The van der Waals surface area contributed by atoms with E-state index in [2.05, 4.69) is 56.1 Å². The van der Waals surface area contributed by atoms with Crippen molar-refractivity contribution in [1.82, 2.24) is 25.1 Å². The molecule has 0 unspecified atom stereocenters. The lowest BCUT2D eigenvalue weighted by atomic mass is 9.96. The van der Waals surface area contributed by atoms with Gasteiger partial charge in [-0.3, -0.25) is 0 Å². The number of nitrogens with zero attached hydrogens (tertiary/aromatic N) is 5. The molecule has 4 N–H and O–H groups in total. The fourth-order valence-corrected chi connectivity index (χ4v) is 2.95. The van der Waals surface area contributed by atoms with Crippen LogP contribution >= 0.6 is 0 Å². The van der Waals surface area contributed by atoms with Crippen LogP contribution in [-0.4, -0.2) is 38.7 Å². The Kier molecular flexibility index (Phi) is 4.98. The molecular weight excluding hydrogens is 340 g/mol. The normalized spacial score (nSPS) is 11.4. The highest BCUT2D eigenvalue weighted by atomic mass is 15.2. The maximum atomic E-state index is 6.38. The third-order valence-electron chi connectivity index (χ3n) is 4.12. The number of nitrogen functional groups attached to an aromatic ring is 1. The summed E-state index contributed by atoms with van der Waals surface area (Å²) in [6, 6.07) is 6.01. The predicted molar refractivity (Wildman–Crippen MR) is 109 cm³/mol. The molecule has 3 aromatic rings. The zero-order chi connectivity index (χ0) is 19.6. The van der Waals surface area contributed by atoms with E-state index >= 15 is 0 Å². The van der Waals surface area contributed by atoms with Crippen LogP contribution in [0.2, 0.25) is 0 Å². The first-order valence-corrected chi connectivity index (χ1v) is 8.80. The second-order valence-corrected chi connectivity index (χ2v) is 7.87. The highest BCUT2D eigenvalue weighted by Crippen LogP contribution is 2.31. The number of nitrogens with one attached hydrogen (secondary N) is 2. The summed E-state index contributed by atoms with van der Waals surface area (Å²) in [5.74, 6) is 2.00. The number of aromatic amines is 1. The molecule has 0 spiro atoms. The molecule has 142 valence electrons. The average molecular weight is 366 g/mol. The number of anilines is 4. The van der Waals surface area contributed by atoms with Crippen LogP contribution in [0.1, 0.15) is 26.3 Å². The van der Waals surface area contributed by atoms with Gasteiger partial charge in [-0.1, -0.05) is 32.9 Å². The van der Waals surface area contributed by atoms with Crippen molar-refractivity contribution in [3.63, 3.8) is 0 Å². The lowest BCUT2D eigenvalue weighted by Crippen LogP contribution is -2.30. The van der Waals surface area contributed by atoms with E-state index in [0.29, 0.717) is 23.1 Å². The number of aryl methyl sites for hydroxylation is 1. The van der Waals surface area contributed by atoms with Crippen molar-refractivity contribution in [1.29, 1.82) is 0 Å². The summed E-state index contributed by atoms with van der Waals surface area (Å²) in [5.41, 5.74) is 9.93. The van der Waals surface area contributed by atoms with Crippen LogP contribution in [0.25, 0.3) is 11.4 Å². The molecule has 0 saturated carbocycles. The van der Waals surface area contributed by atoms with E-state index < -0.39 is 0 Å². The summed E-state index contributed by atoms with van der Waals surface area (Å²) in [6.45, 7) is 9.39. The van der Waals surface area contributed by atoms with Gasteiger partial charge in [-0.2, -0.15) is 0 Å². The Morgan fingerprint density at radius 3 is 2.67 bits per heavy atom. The number of hydrogen-bond acceptors (Lipinski definition) is 7. The first kappa shape index (κ1) is 18.6. The number of H-pyrrole nitrogens is 1. The van der Waals surface area contributed by atoms with Gasteiger partial charge in [0.25, 0.3) is 0 Å². The Hall–Kier alpha value is -3.16. The molecule has 0 aliphatic carbocycles. The second kappa shape index (κ2) is 7.22. The molecule has 3 rings (SSSR count). The van der Waals surface area contributed by atoms with E-state index in [1.807, 2.05) is 32.2 Å². The smallest absolute Gasteiger partial charge is 0.161 e. The molecule has 0 radical (unpaired) electrons. The van der Waals surface area contributed by atoms with Crippen LogP contribution in [0.15, 0.2) is 30.9 Å². The number of benzene rings is 1. The Labute approximate surface area is 159 Å². The highest BCUT2D eigenvalue weighted by molar-refractivity contribution is 5.80. The van der Waals surface area contributed by atoms with Gasteiger partial charge in [-0.25, -0.2) is 9.97 Å². The zero-order valence-corrected chi connectivity index (χ0v) is 16.4. The van der Waals surface area contributed by atoms with Crippen LogP contribution < -0.4 is 16.0 Å². The van der Waals surface area contributed by atoms with Gasteiger partial charge in [-0.15, -0.1) is 10.2 Å². The van der Waals surface area contributed by atoms with Crippen molar-refractivity contribution in [2.45, 2.75) is 27.7 Å².